The zero-order valence-corrected chi connectivity index (χ0v) is 13.1. The Kier molecular flexibility index (Phi) is 4.65. The van der Waals surface area contributed by atoms with Crippen LogP contribution in [0.4, 0.5) is 4.39 Å². The molecule has 1 amide bonds. The molecule has 4 nitrogen and oxygen atoms in total. The van der Waals surface area contributed by atoms with Crippen molar-refractivity contribution in [1.82, 2.24) is 4.90 Å². The van der Waals surface area contributed by atoms with Crippen molar-refractivity contribution in [2.24, 2.45) is 0 Å². The monoisotopic (exact) mass is 317 g/mol. The predicted molar refractivity (Wildman–Crippen MR) is 83.9 cm³/mol. The van der Waals surface area contributed by atoms with Gasteiger partial charge in [0.1, 0.15) is 5.76 Å². The highest BCUT2D eigenvalue weighted by molar-refractivity contribution is 5.95. The van der Waals surface area contributed by atoms with E-state index in [1.165, 1.54) is 19.2 Å². The first-order valence-electron chi connectivity index (χ1n) is 7.89. The van der Waals surface area contributed by atoms with Gasteiger partial charge in [-0.15, -0.1) is 0 Å². The summed E-state index contributed by atoms with van der Waals surface area (Å²) < 4.78 is 24.9. The molecule has 2 aromatic rings. The molecule has 1 fully saturated rings. The molecule has 0 radical (unpaired) electrons. The molecule has 23 heavy (non-hydrogen) atoms. The average molecular weight is 317 g/mol. The molecule has 0 aliphatic carbocycles. The normalized spacial score (nSPS) is 18.5. The van der Waals surface area contributed by atoms with Crippen molar-refractivity contribution in [1.29, 1.82) is 0 Å². The molecule has 1 atom stereocenters. The lowest BCUT2D eigenvalue weighted by Crippen LogP contribution is -2.35. The third kappa shape index (κ3) is 3.09. The van der Waals surface area contributed by atoms with Crippen LogP contribution in [-0.4, -0.2) is 24.5 Å². The van der Waals surface area contributed by atoms with Gasteiger partial charge in [-0.2, -0.15) is 0 Å². The average Bonchev–Trinajstić information content (AvgIpc) is 2.99. The number of ether oxygens (including phenoxy) is 1. The summed E-state index contributed by atoms with van der Waals surface area (Å²) in [6, 6.07) is 8.19. The van der Waals surface area contributed by atoms with Gasteiger partial charge in [-0.25, -0.2) is 4.39 Å². The van der Waals surface area contributed by atoms with Crippen LogP contribution in [0.15, 0.2) is 41.0 Å². The van der Waals surface area contributed by atoms with E-state index < -0.39 is 5.82 Å². The topological polar surface area (TPSA) is 42.7 Å². The quantitative estimate of drug-likeness (QED) is 0.852. The van der Waals surface area contributed by atoms with Crippen molar-refractivity contribution in [3.63, 3.8) is 0 Å². The second kappa shape index (κ2) is 6.86. The molecular weight excluding hydrogens is 297 g/mol. The number of benzene rings is 1. The van der Waals surface area contributed by atoms with E-state index in [4.69, 9.17) is 9.15 Å². The number of carbonyl (C=O) groups is 1. The highest BCUT2D eigenvalue weighted by Crippen LogP contribution is 2.32. The number of carbonyl (C=O) groups excluding carboxylic acids is 1. The number of nitrogens with zero attached hydrogens (tertiary/aromatic N) is 1. The molecular formula is C18H20FNO3. The molecule has 1 aromatic carbocycles. The van der Waals surface area contributed by atoms with Crippen LogP contribution in [0, 0.1) is 5.82 Å². The number of methoxy groups -OCH3 is 1. The van der Waals surface area contributed by atoms with Crippen molar-refractivity contribution >= 4 is 5.91 Å². The van der Waals surface area contributed by atoms with E-state index in [2.05, 4.69) is 0 Å². The Morgan fingerprint density at radius 1 is 1.26 bits per heavy atom. The van der Waals surface area contributed by atoms with Crippen LogP contribution in [0.2, 0.25) is 0 Å². The predicted octanol–water partition coefficient (Wildman–Crippen LogP) is 4.18. The lowest BCUT2D eigenvalue weighted by atomic mass is 10.1. The van der Waals surface area contributed by atoms with Gasteiger partial charge < -0.3 is 14.1 Å². The number of furan rings is 1. The highest BCUT2D eigenvalue weighted by Gasteiger charge is 2.31. The van der Waals surface area contributed by atoms with Gasteiger partial charge in [0.2, 0.25) is 0 Å². The lowest BCUT2D eigenvalue weighted by Gasteiger charge is -2.29. The summed E-state index contributed by atoms with van der Waals surface area (Å²) in [7, 11) is 1.39. The molecule has 122 valence electrons. The van der Waals surface area contributed by atoms with Gasteiger partial charge in [0.25, 0.3) is 5.91 Å². The van der Waals surface area contributed by atoms with Gasteiger partial charge >= 0.3 is 0 Å². The second-order valence-electron chi connectivity index (χ2n) is 5.70. The maximum Gasteiger partial charge on any atom is 0.257 e. The molecule has 1 aliphatic heterocycles. The molecule has 3 rings (SSSR count). The zero-order chi connectivity index (χ0) is 16.2. The highest BCUT2D eigenvalue weighted by atomic mass is 19.1. The summed E-state index contributed by atoms with van der Waals surface area (Å²) >= 11 is 0. The van der Waals surface area contributed by atoms with Crippen LogP contribution in [0.5, 0.6) is 5.75 Å². The number of hydrogen-bond acceptors (Lipinski definition) is 3. The Morgan fingerprint density at radius 3 is 2.87 bits per heavy atom. The molecule has 1 aromatic heterocycles. The largest absolute Gasteiger partial charge is 0.494 e. The third-order valence-corrected chi connectivity index (χ3v) is 4.30. The molecule has 2 heterocycles. The number of hydrogen-bond donors (Lipinski definition) is 0. The van der Waals surface area contributed by atoms with E-state index in [0.717, 1.165) is 31.4 Å². The number of halogens is 1. The first kappa shape index (κ1) is 15.6. The summed E-state index contributed by atoms with van der Waals surface area (Å²) in [5.41, 5.74) is 0.0443. The van der Waals surface area contributed by atoms with Gasteiger partial charge in [-0.1, -0.05) is 18.9 Å². The second-order valence-corrected chi connectivity index (χ2v) is 5.70. The summed E-state index contributed by atoms with van der Waals surface area (Å²) in [6.45, 7) is 0.598. The van der Waals surface area contributed by atoms with Crippen molar-refractivity contribution in [3.8, 4) is 5.75 Å². The first-order valence-corrected chi connectivity index (χ1v) is 7.89. The van der Waals surface area contributed by atoms with Crippen molar-refractivity contribution < 1.29 is 18.3 Å². The molecule has 0 spiro atoms. The summed E-state index contributed by atoms with van der Waals surface area (Å²) in [4.78, 5) is 14.7. The van der Waals surface area contributed by atoms with Crippen LogP contribution in [-0.2, 0) is 0 Å². The van der Waals surface area contributed by atoms with E-state index >= 15 is 0 Å². The Hall–Kier alpha value is -2.30. The lowest BCUT2D eigenvalue weighted by molar-refractivity contribution is 0.0653. The summed E-state index contributed by atoms with van der Waals surface area (Å²) in [5.74, 6) is -0.0871. The van der Waals surface area contributed by atoms with E-state index in [1.54, 1.807) is 17.2 Å². The first-order chi connectivity index (χ1) is 11.2. The van der Waals surface area contributed by atoms with Crippen LogP contribution in [0.25, 0.3) is 0 Å². The molecule has 1 saturated heterocycles. The smallest absolute Gasteiger partial charge is 0.257 e. The van der Waals surface area contributed by atoms with Crippen LogP contribution in [0.1, 0.15) is 47.8 Å². The minimum absolute atomic E-state index is 0.0443. The third-order valence-electron chi connectivity index (χ3n) is 4.30. The SMILES string of the molecule is COc1cccc(C(=O)N2CCCCC[C@H]2c2ccco2)c1F. The van der Waals surface area contributed by atoms with Crippen LogP contribution in [0.3, 0.4) is 0 Å². The van der Waals surface area contributed by atoms with Crippen molar-refractivity contribution in [2.45, 2.75) is 31.7 Å². The van der Waals surface area contributed by atoms with Crippen molar-refractivity contribution in [3.05, 3.63) is 53.7 Å². The summed E-state index contributed by atoms with van der Waals surface area (Å²) in [5, 5.41) is 0. The Balaban J connectivity index is 1.95. The fourth-order valence-corrected chi connectivity index (χ4v) is 3.12. The van der Waals surface area contributed by atoms with E-state index in [-0.39, 0.29) is 23.3 Å². The molecule has 0 N–H and O–H groups in total. The van der Waals surface area contributed by atoms with Crippen LogP contribution < -0.4 is 4.74 Å². The van der Waals surface area contributed by atoms with Gasteiger partial charge in [0.05, 0.1) is 25.0 Å². The van der Waals surface area contributed by atoms with E-state index in [0.29, 0.717) is 6.54 Å². The minimum atomic E-state index is -0.609. The number of rotatable bonds is 3. The Morgan fingerprint density at radius 2 is 2.13 bits per heavy atom. The Bertz CT molecular complexity index is 669. The molecule has 0 saturated carbocycles. The van der Waals surface area contributed by atoms with Crippen LogP contribution >= 0.6 is 0 Å². The van der Waals surface area contributed by atoms with Gasteiger partial charge in [-0.05, 0) is 37.1 Å². The fourth-order valence-electron chi connectivity index (χ4n) is 3.12. The number of amides is 1. The van der Waals surface area contributed by atoms with Gasteiger partial charge in [0.15, 0.2) is 11.6 Å². The fraction of sp³-hybridized carbons (Fsp3) is 0.389. The molecule has 5 heteroatoms. The number of likely N-dealkylation sites (tertiary alicyclic amines) is 1. The Labute approximate surface area is 134 Å². The summed E-state index contributed by atoms with van der Waals surface area (Å²) in [6.07, 6.45) is 5.42. The molecule has 0 bridgehead atoms. The maximum atomic E-state index is 14.5. The molecule has 1 aliphatic rings. The maximum absolute atomic E-state index is 14.5. The zero-order valence-electron chi connectivity index (χ0n) is 13.1. The minimum Gasteiger partial charge on any atom is -0.494 e. The van der Waals surface area contributed by atoms with Gasteiger partial charge in [0, 0.05) is 6.54 Å². The van der Waals surface area contributed by atoms with Crippen molar-refractivity contribution in [2.75, 3.05) is 13.7 Å². The van der Waals surface area contributed by atoms with E-state index in [9.17, 15) is 9.18 Å². The molecule has 0 unspecified atom stereocenters. The standard InChI is InChI=1S/C18H20FNO3/c1-22-16-9-5-7-13(17(16)19)18(21)20-11-4-2-3-8-14(20)15-10-6-12-23-15/h5-7,9-10,12,14H,2-4,8,11H2,1H3/t14-/m0/s1. The van der Waals surface area contributed by atoms with E-state index in [1.807, 2.05) is 12.1 Å². The van der Waals surface area contributed by atoms with Gasteiger partial charge in [-0.3, -0.25) is 4.79 Å².